The van der Waals surface area contributed by atoms with Crippen LogP contribution in [-0.4, -0.2) is 35.5 Å². The fourth-order valence-electron chi connectivity index (χ4n) is 2.84. The molecule has 5 nitrogen and oxygen atoms in total. The number of carboxylic acid groups (broad SMARTS) is 1. The predicted octanol–water partition coefficient (Wildman–Crippen LogP) is 3.03. The number of carboxylic acids is 1. The largest absolute Gasteiger partial charge is 0.493 e. The van der Waals surface area contributed by atoms with Crippen molar-refractivity contribution < 1.29 is 19.4 Å². The fourth-order valence-corrected chi connectivity index (χ4v) is 2.84. The predicted molar refractivity (Wildman–Crippen MR) is 83.8 cm³/mol. The first-order valence-electron chi connectivity index (χ1n) is 7.54. The summed E-state index contributed by atoms with van der Waals surface area (Å²) in [5, 5.41) is 10.2. The molecule has 1 aromatic carbocycles. The molecular formula is C17H21NO4. The summed E-state index contributed by atoms with van der Waals surface area (Å²) in [6.45, 7) is 6.36. The van der Waals surface area contributed by atoms with Crippen LogP contribution in [0.3, 0.4) is 0 Å². The topological polar surface area (TPSA) is 60.7 Å². The van der Waals surface area contributed by atoms with Gasteiger partial charge in [0.15, 0.2) is 0 Å². The molecule has 2 aromatic rings. The van der Waals surface area contributed by atoms with Crippen molar-refractivity contribution in [3.8, 4) is 5.75 Å². The number of aromatic carboxylic acids is 1. The lowest BCUT2D eigenvalue weighted by atomic mass is 10.00. The summed E-state index contributed by atoms with van der Waals surface area (Å²) in [4.78, 5) is 11.4. The van der Waals surface area contributed by atoms with E-state index in [4.69, 9.17) is 9.47 Å². The van der Waals surface area contributed by atoms with E-state index in [9.17, 15) is 9.90 Å². The van der Waals surface area contributed by atoms with E-state index in [-0.39, 0.29) is 5.92 Å². The van der Waals surface area contributed by atoms with Gasteiger partial charge in [0, 0.05) is 18.4 Å². The molecule has 0 bridgehead atoms. The van der Waals surface area contributed by atoms with Crippen LogP contribution in [0.2, 0.25) is 0 Å². The summed E-state index contributed by atoms with van der Waals surface area (Å²) in [6, 6.07) is 5.66. The summed E-state index contributed by atoms with van der Waals surface area (Å²) in [7, 11) is 1.80. The molecule has 0 spiro atoms. The standard InChI is InChI=1S/C17H21NO4/c1-10(2)14-6-13(22-9-11-7-21-8-11)4-12-5-15(17(19)20)18(3)16(12)14/h4-6,10-11H,7-9H2,1-3H3,(H,19,20). The zero-order valence-electron chi connectivity index (χ0n) is 13.1. The number of benzene rings is 1. The lowest BCUT2D eigenvalue weighted by Crippen LogP contribution is -2.32. The maximum atomic E-state index is 11.4. The Labute approximate surface area is 129 Å². The molecule has 0 amide bonds. The Morgan fingerprint density at radius 3 is 2.68 bits per heavy atom. The molecule has 22 heavy (non-hydrogen) atoms. The summed E-state index contributed by atoms with van der Waals surface area (Å²) in [5.41, 5.74) is 2.36. The van der Waals surface area contributed by atoms with E-state index in [1.165, 1.54) is 0 Å². The first kappa shape index (κ1) is 14.9. The third-order valence-corrected chi connectivity index (χ3v) is 4.17. The normalized spacial score (nSPS) is 15.3. The zero-order chi connectivity index (χ0) is 15.9. The second-order valence-corrected chi connectivity index (χ2v) is 6.21. The molecule has 118 valence electrons. The van der Waals surface area contributed by atoms with Crippen molar-refractivity contribution in [2.45, 2.75) is 19.8 Å². The van der Waals surface area contributed by atoms with Gasteiger partial charge in [-0.25, -0.2) is 4.79 Å². The molecule has 1 fully saturated rings. The highest BCUT2D eigenvalue weighted by Gasteiger charge is 2.21. The maximum absolute atomic E-state index is 11.4. The maximum Gasteiger partial charge on any atom is 0.352 e. The Morgan fingerprint density at radius 1 is 1.41 bits per heavy atom. The molecule has 1 aliphatic rings. The van der Waals surface area contributed by atoms with Gasteiger partial charge < -0.3 is 19.1 Å². The highest BCUT2D eigenvalue weighted by Crippen LogP contribution is 2.32. The minimum absolute atomic E-state index is 0.285. The average molecular weight is 303 g/mol. The molecule has 1 aliphatic heterocycles. The first-order valence-corrected chi connectivity index (χ1v) is 7.54. The fraction of sp³-hybridized carbons (Fsp3) is 0.471. The van der Waals surface area contributed by atoms with E-state index in [0.717, 1.165) is 35.4 Å². The summed E-state index contributed by atoms with van der Waals surface area (Å²) in [5.74, 6) is 0.630. The zero-order valence-corrected chi connectivity index (χ0v) is 13.1. The molecule has 0 aliphatic carbocycles. The second-order valence-electron chi connectivity index (χ2n) is 6.21. The minimum atomic E-state index is -0.914. The quantitative estimate of drug-likeness (QED) is 0.922. The van der Waals surface area contributed by atoms with Crippen molar-refractivity contribution >= 4 is 16.9 Å². The lowest BCUT2D eigenvalue weighted by molar-refractivity contribution is -0.0508. The number of rotatable bonds is 5. The highest BCUT2D eigenvalue weighted by molar-refractivity contribution is 5.96. The van der Waals surface area contributed by atoms with Gasteiger partial charge in [-0.15, -0.1) is 0 Å². The Bertz CT molecular complexity index is 713. The van der Waals surface area contributed by atoms with Crippen LogP contribution >= 0.6 is 0 Å². The molecule has 0 radical (unpaired) electrons. The van der Waals surface area contributed by atoms with E-state index in [2.05, 4.69) is 13.8 Å². The molecule has 2 heterocycles. The SMILES string of the molecule is CC(C)c1cc(OCC2COC2)cc2cc(C(=O)O)n(C)c12. The first-order chi connectivity index (χ1) is 10.5. The van der Waals surface area contributed by atoms with E-state index in [1.54, 1.807) is 17.7 Å². The summed E-state index contributed by atoms with van der Waals surface area (Å²) in [6.07, 6.45) is 0. The van der Waals surface area contributed by atoms with Crippen molar-refractivity contribution in [2.24, 2.45) is 13.0 Å². The molecule has 5 heteroatoms. The number of fused-ring (bicyclic) bond motifs is 1. The van der Waals surface area contributed by atoms with Gasteiger partial charge >= 0.3 is 5.97 Å². The van der Waals surface area contributed by atoms with Gasteiger partial charge in [0.2, 0.25) is 0 Å². The van der Waals surface area contributed by atoms with Gasteiger partial charge in [0.05, 0.1) is 25.3 Å². The molecule has 1 N–H and O–H groups in total. The van der Waals surface area contributed by atoms with Crippen molar-refractivity contribution in [3.05, 3.63) is 29.5 Å². The molecule has 1 aromatic heterocycles. The molecular weight excluding hydrogens is 282 g/mol. The van der Waals surface area contributed by atoms with Crippen LogP contribution in [0.4, 0.5) is 0 Å². The van der Waals surface area contributed by atoms with Crippen molar-refractivity contribution in [3.63, 3.8) is 0 Å². The summed E-state index contributed by atoms with van der Waals surface area (Å²) >= 11 is 0. The number of carbonyl (C=O) groups is 1. The van der Waals surface area contributed by atoms with Crippen LogP contribution in [0.1, 0.15) is 35.8 Å². The van der Waals surface area contributed by atoms with Gasteiger partial charge in [-0.1, -0.05) is 13.8 Å². The van der Waals surface area contributed by atoms with Crippen molar-refractivity contribution in [1.29, 1.82) is 0 Å². The number of hydrogen-bond donors (Lipinski definition) is 1. The molecule has 0 atom stereocenters. The third kappa shape index (κ3) is 2.57. The van der Waals surface area contributed by atoms with Crippen LogP contribution in [0.5, 0.6) is 5.75 Å². The Kier molecular flexibility index (Phi) is 3.83. The number of ether oxygens (including phenoxy) is 2. The van der Waals surface area contributed by atoms with Crippen LogP contribution in [-0.2, 0) is 11.8 Å². The molecule has 0 unspecified atom stereocenters. The van der Waals surface area contributed by atoms with Crippen LogP contribution in [0, 0.1) is 5.92 Å². The Balaban J connectivity index is 2.02. The number of aryl methyl sites for hydroxylation is 1. The smallest absolute Gasteiger partial charge is 0.352 e. The van der Waals surface area contributed by atoms with Gasteiger partial charge in [0.1, 0.15) is 11.4 Å². The molecule has 3 rings (SSSR count). The third-order valence-electron chi connectivity index (χ3n) is 4.17. The van der Waals surface area contributed by atoms with E-state index in [0.29, 0.717) is 18.2 Å². The van der Waals surface area contributed by atoms with Crippen LogP contribution < -0.4 is 4.74 Å². The van der Waals surface area contributed by atoms with E-state index < -0.39 is 5.97 Å². The van der Waals surface area contributed by atoms with Gasteiger partial charge in [-0.2, -0.15) is 0 Å². The van der Waals surface area contributed by atoms with E-state index in [1.807, 2.05) is 12.1 Å². The van der Waals surface area contributed by atoms with Crippen molar-refractivity contribution in [2.75, 3.05) is 19.8 Å². The monoisotopic (exact) mass is 303 g/mol. The summed E-state index contributed by atoms with van der Waals surface area (Å²) < 4.78 is 12.8. The average Bonchev–Trinajstić information content (AvgIpc) is 2.73. The number of nitrogens with zero attached hydrogens (tertiary/aromatic N) is 1. The van der Waals surface area contributed by atoms with Crippen molar-refractivity contribution in [1.82, 2.24) is 4.57 Å². The second kappa shape index (κ2) is 5.65. The number of hydrogen-bond acceptors (Lipinski definition) is 3. The van der Waals surface area contributed by atoms with Crippen LogP contribution in [0.15, 0.2) is 18.2 Å². The highest BCUT2D eigenvalue weighted by atomic mass is 16.5. The molecule has 1 saturated heterocycles. The van der Waals surface area contributed by atoms with Gasteiger partial charge in [-0.3, -0.25) is 0 Å². The minimum Gasteiger partial charge on any atom is -0.493 e. The van der Waals surface area contributed by atoms with Crippen LogP contribution in [0.25, 0.3) is 10.9 Å². The van der Waals surface area contributed by atoms with Gasteiger partial charge in [-0.05, 0) is 29.7 Å². The lowest BCUT2D eigenvalue weighted by Gasteiger charge is -2.26. The van der Waals surface area contributed by atoms with E-state index >= 15 is 0 Å². The number of aromatic nitrogens is 1. The van der Waals surface area contributed by atoms with Gasteiger partial charge in [0.25, 0.3) is 0 Å². The molecule has 0 saturated carbocycles. The Morgan fingerprint density at radius 2 is 2.14 bits per heavy atom. The Hall–Kier alpha value is -2.01.